The highest BCUT2D eigenvalue weighted by Gasteiger charge is 2.08. The summed E-state index contributed by atoms with van der Waals surface area (Å²) in [5, 5.41) is 12.9. The Morgan fingerprint density at radius 2 is 2.22 bits per heavy atom. The van der Waals surface area contributed by atoms with E-state index in [1.165, 1.54) is 5.56 Å². The Morgan fingerprint density at radius 1 is 1.44 bits per heavy atom. The number of methoxy groups -OCH3 is 1. The molecule has 4 nitrogen and oxygen atoms in total. The minimum atomic E-state index is -0.333. The number of benzene rings is 1. The Kier molecular flexibility index (Phi) is 6.72. The summed E-state index contributed by atoms with van der Waals surface area (Å²) in [6.45, 7) is 5.02. The second-order valence-electron chi connectivity index (χ2n) is 4.51. The van der Waals surface area contributed by atoms with E-state index in [0.717, 1.165) is 18.8 Å². The number of aliphatic hydroxyl groups excluding tert-OH is 1. The Morgan fingerprint density at radius 3 is 2.89 bits per heavy atom. The molecular weight excluding hydrogens is 228 g/mol. The third kappa shape index (κ3) is 5.49. The van der Waals surface area contributed by atoms with Gasteiger partial charge in [0.25, 0.3) is 0 Å². The molecule has 0 fully saturated rings. The van der Waals surface area contributed by atoms with Crippen molar-refractivity contribution in [3.8, 4) is 5.75 Å². The summed E-state index contributed by atoms with van der Waals surface area (Å²) in [4.78, 5) is 2.11. The van der Waals surface area contributed by atoms with E-state index in [0.29, 0.717) is 13.1 Å². The maximum absolute atomic E-state index is 9.80. The normalized spacial score (nSPS) is 12.7. The van der Waals surface area contributed by atoms with Crippen LogP contribution in [0.2, 0.25) is 0 Å². The molecule has 1 rings (SSSR count). The van der Waals surface area contributed by atoms with Crippen LogP contribution in [0.5, 0.6) is 5.75 Å². The van der Waals surface area contributed by atoms with E-state index < -0.39 is 0 Å². The summed E-state index contributed by atoms with van der Waals surface area (Å²) in [5.41, 5.74) is 1.19. The van der Waals surface area contributed by atoms with Gasteiger partial charge in [-0.05, 0) is 31.3 Å². The molecule has 1 unspecified atom stereocenters. The average molecular weight is 252 g/mol. The van der Waals surface area contributed by atoms with Crippen molar-refractivity contribution in [2.24, 2.45) is 0 Å². The van der Waals surface area contributed by atoms with Crippen LogP contribution in [-0.2, 0) is 6.54 Å². The molecule has 18 heavy (non-hydrogen) atoms. The average Bonchev–Trinajstić information content (AvgIpc) is 2.36. The molecule has 0 spiro atoms. The van der Waals surface area contributed by atoms with Gasteiger partial charge in [-0.2, -0.15) is 0 Å². The minimum Gasteiger partial charge on any atom is -0.497 e. The van der Waals surface area contributed by atoms with Crippen molar-refractivity contribution in [1.29, 1.82) is 0 Å². The van der Waals surface area contributed by atoms with Crippen molar-refractivity contribution in [3.05, 3.63) is 29.8 Å². The Labute approximate surface area is 110 Å². The highest BCUT2D eigenvalue weighted by atomic mass is 16.5. The van der Waals surface area contributed by atoms with Gasteiger partial charge in [0, 0.05) is 19.6 Å². The molecule has 102 valence electrons. The first-order valence-corrected chi connectivity index (χ1v) is 6.36. The lowest BCUT2D eigenvalue weighted by atomic mass is 10.2. The summed E-state index contributed by atoms with van der Waals surface area (Å²) >= 11 is 0. The van der Waals surface area contributed by atoms with E-state index in [1.807, 2.05) is 32.2 Å². The number of hydrogen-bond donors (Lipinski definition) is 2. The van der Waals surface area contributed by atoms with Crippen LogP contribution in [0.1, 0.15) is 12.5 Å². The lowest BCUT2D eigenvalue weighted by Crippen LogP contribution is -2.36. The topological polar surface area (TPSA) is 44.7 Å². The highest BCUT2D eigenvalue weighted by molar-refractivity contribution is 5.28. The molecule has 4 heteroatoms. The molecule has 1 aromatic carbocycles. The van der Waals surface area contributed by atoms with Crippen molar-refractivity contribution >= 4 is 0 Å². The molecule has 0 amide bonds. The van der Waals surface area contributed by atoms with E-state index >= 15 is 0 Å². The number of ether oxygens (including phenoxy) is 1. The second-order valence-corrected chi connectivity index (χ2v) is 4.51. The SMILES string of the molecule is CCNCC(O)CN(C)Cc1cccc(OC)c1. The van der Waals surface area contributed by atoms with Gasteiger partial charge in [0.1, 0.15) is 5.75 Å². The fourth-order valence-electron chi connectivity index (χ4n) is 1.88. The molecule has 0 saturated heterocycles. The van der Waals surface area contributed by atoms with Gasteiger partial charge in [-0.25, -0.2) is 0 Å². The van der Waals surface area contributed by atoms with Crippen LogP contribution in [0.25, 0.3) is 0 Å². The van der Waals surface area contributed by atoms with Gasteiger partial charge < -0.3 is 15.2 Å². The zero-order valence-electron chi connectivity index (χ0n) is 11.5. The zero-order valence-corrected chi connectivity index (χ0v) is 11.5. The Hall–Kier alpha value is -1.10. The van der Waals surface area contributed by atoms with Crippen LogP contribution in [0.3, 0.4) is 0 Å². The summed E-state index contributed by atoms with van der Waals surface area (Å²) in [6, 6.07) is 8.00. The summed E-state index contributed by atoms with van der Waals surface area (Å²) < 4.78 is 5.19. The van der Waals surface area contributed by atoms with Crippen molar-refractivity contribution < 1.29 is 9.84 Å². The largest absolute Gasteiger partial charge is 0.497 e. The van der Waals surface area contributed by atoms with Gasteiger partial charge >= 0.3 is 0 Å². The Balaban J connectivity index is 2.40. The minimum absolute atomic E-state index is 0.333. The van der Waals surface area contributed by atoms with E-state index in [9.17, 15) is 5.11 Å². The second kappa shape index (κ2) is 8.08. The molecule has 0 aliphatic heterocycles. The van der Waals surface area contributed by atoms with E-state index in [-0.39, 0.29) is 6.10 Å². The number of nitrogens with zero attached hydrogens (tertiary/aromatic N) is 1. The van der Waals surface area contributed by atoms with Crippen LogP contribution < -0.4 is 10.1 Å². The van der Waals surface area contributed by atoms with Crippen molar-refractivity contribution in [3.63, 3.8) is 0 Å². The van der Waals surface area contributed by atoms with Gasteiger partial charge in [-0.15, -0.1) is 0 Å². The molecule has 0 saturated carbocycles. The number of hydrogen-bond acceptors (Lipinski definition) is 4. The molecule has 1 atom stereocenters. The van der Waals surface area contributed by atoms with E-state index in [2.05, 4.69) is 16.3 Å². The zero-order chi connectivity index (χ0) is 13.4. The smallest absolute Gasteiger partial charge is 0.119 e. The van der Waals surface area contributed by atoms with Gasteiger partial charge in [-0.3, -0.25) is 4.90 Å². The monoisotopic (exact) mass is 252 g/mol. The van der Waals surface area contributed by atoms with E-state index in [1.54, 1.807) is 7.11 Å². The first-order chi connectivity index (χ1) is 8.65. The maximum atomic E-state index is 9.80. The van der Waals surface area contributed by atoms with Crippen molar-refractivity contribution in [1.82, 2.24) is 10.2 Å². The molecule has 1 aromatic rings. The van der Waals surface area contributed by atoms with Crippen LogP contribution in [-0.4, -0.2) is 49.9 Å². The Bertz CT molecular complexity index is 344. The highest BCUT2D eigenvalue weighted by Crippen LogP contribution is 2.13. The van der Waals surface area contributed by atoms with Crippen molar-refractivity contribution in [2.75, 3.05) is 33.8 Å². The quantitative estimate of drug-likeness (QED) is 0.727. The van der Waals surface area contributed by atoms with Crippen LogP contribution in [0, 0.1) is 0 Å². The van der Waals surface area contributed by atoms with Crippen molar-refractivity contribution in [2.45, 2.75) is 19.6 Å². The lowest BCUT2D eigenvalue weighted by Gasteiger charge is -2.21. The standard InChI is InChI=1S/C14H24N2O2/c1-4-15-9-13(17)11-16(2)10-12-6-5-7-14(8-12)18-3/h5-8,13,15,17H,4,9-11H2,1-3H3. The predicted octanol–water partition coefficient (Wildman–Crippen LogP) is 1.10. The third-order valence-corrected chi connectivity index (χ3v) is 2.74. The fourth-order valence-corrected chi connectivity index (χ4v) is 1.88. The van der Waals surface area contributed by atoms with Gasteiger partial charge in [0.05, 0.1) is 13.2 Å². The number of aliphatic hydroxyl groups is 1. The molecule has 0 radical (unpaired) electrons. The molecule has 0 heterocycles. The van der Waals surface area contributed by atoms with Crippen LogP contribution >= 0.6 is 0 Å². The summed E-state index contributed by atoms with van der Waals surface area (Å²) in [5.74, 6) is 0.870. The van der Waals surface area contributed by atoms with Gasteiger partial charge in [-0.1, -0.05) is 19.1 Å². The number of nitrogens with one attached hydrogen (secondary N) is 1. The van der Waals surface area contributed by atoms with Gasteiger partial charge in [0.2, 0.25) is 0 Å². The predicted molar refractivity (Wildman–Crippen MR) is 73.9 cm³/mol. The molecule has 0 aliphatic rings. The first kappa shape index (κ1) is 15.0. The number of rotatable bonds is 8. The van der Waals surface area contributed by atoms with Crippen LogP contribution in [0.4, 0.5) is 0 Å². The molecule has 2 N–H and O–H groups in total. The lowest BCUT2D eigenvalue weighted by molar-refractivity contribution is 0.122. The number of likely N-dealkylation sites (N-methyl/N-ethyl adjacent to an activating group) is 2. The van der Waals surface area contributed by atoms with Crippen LogP contribution in [0.15, 0.2) is 24.3 Å². The van der Waals surface area contributed by atoms with E-state index in [4.69, 9.17) is 4.74 Å². The molecular formula is C14H24N2O2. The fraction of sp³-hybridized carbons (Fsp3) is 0.571. The summed E-state index contributed by atoms with van der Waals surface area (Å²) in [6.07, 6.45) is -0.333. The maximum Gasteiger partial charge on any atom is 0.119 e. The molecule has 0 bridgehead atoms. The molecule has 0 aliphatic carbocycles. The summed E-state index contributed by atoms with van der Waals surface area (Å²) in [7, 11) is 3.68. The third-order valence-electron chi connectivity index (χ3n) is 2.74. The van der Waals surface area contributed by atoms with Gasteiger partial charge in [0.15, 0.2) is 0 Å². The molecule has 0 aromatic heterocycles. The first-order valence-electron chi connectivity index (χ1n) is 6.36.